The van der Waals surface area contributed by atoms with E-state index in [2.05, 4.69) is 20.6 Å². The Morgan fingerprint density at radius 1 is 1.10 bits per heavy atom. The van der Waals surface area contributed by atoms with Crippen molar-refractivity contribution in [2.45, 2.75) is 12.1 Å². The number of aromatic nitrogens is 2. The molecule has 0 aliphatic carbocycles. The van der Waals surface area contributed by atoms with Crippen LogP contribution in [0.3, 0.4) is 0 Å². The van der Waals surface area contributed by atoms with Gasteiger partial charge < -0.3 is 15.4 Å². The van der Waals surface area contributed by atoms with E-state index in [1.165, 1.54) is 11.8 Å². The van der Waals surface area contributed by atoms with Gasteiger partial charge in [0.2, 0.25) is 0 Å². The molecule has 5 nitrogen and oxygen atoms in total. The van der Waals surface area contributed by atoms with Crippen molar-refractivity contribution in [3.8, 4) is 5.75 Å². The van der Waals surface area contributed by atoms with Crippen LogP contribution in [-0.4, -0.2) is 35.9 Å². The standard InChI is InChI=1S/C15H20N4OS/c1-3-16-13-11-14(19-15(18-13)21-2)17-9-10-20-12-7-5-4-6-8-12/h4-8,11H,3,9-10H2,1-2H3,(H2,16,17,18,19). The molecule has 0 aliphatic rings. The van der Waals surface area contributed by atoms with E-state index in [-0.39, 0.29) is 0 Å². The molecule has 0 bridgehead atoms. The number of nitrogens with one attached hydrogen (secondary N) is 2. The number of hydrogen-bond donors (Lipinski definition) is 2. The van der Waals surface area contributed by atoms with Crippen LogP contribution in [0.4, 0.5) is 11.6 Å². The van der Waals surface area contributed by atoms with E-state index in [4.69, 9.17) is 4.74 Å². The molecule has 112 valence electrons. The molecule has 0 amide bonds. The van der Waals surface area contributed by atoms with E-state index in [1.807, 2.05) is 49.6 Å². The molecular formula is C15H20N4OS. The van der Waals surface area contributed by atoms with Crippen molar-refractivity contribution in [1.82, 2.24) is 9.97 Å². The highest BCUT2D eigenvalue weighted by Gasteiger charge is 2.03. The van der Waals surface area contributed by atoms with Crippen molar-refractivity contribution in [3.05, 3.63) is 36.4 Å². The Balaban J connectivity index is 1.86. The summed E-state index contributed by atoms with van der Waals surface area (Å²) < 4.78 is 5.64. The van der Waals surface area contributed by atoms with Gasteiger partial charge in [-0.25, -0.2) is 9.97 Å². The highest BCUT2D eigenvalue weighted by molar-refractivity contribution is 7.98. The molecule has 6 heteroatoms. The van der Waals surface area contributed by atoms with Crippen LogP contribution in [0.1, 0.15) is 6.92 Å². The summed E-state index contributed by atoms with van der Waals surface area (Å²) in [4.78, 5) is 8.81. The van der Waals surface area contributed by atoms with E-state index in [0.29, 0.717) is 13.2 Å². The molecule has 1 heterocycles. The van der Waals surface area contributed by atoms with Crippen LogP contribution >= 0.6 is 11.8 Å². The minimum atomic E-state index is 0.582. The number of anilines is 2. The van der Waals surface area contributed by atoms with Gasteiger partial charge in [0.05, 0.1) is 6.54 Å². The first kappa shape index (κ1) is 15.4. The third kappa shape index (κ3) is 5.15. The predicted molar refractivity (Wildman–Crippen MR) is 88.4 cm³/mol. The lowest BCUT2D eigenvalue weighted by Crippen LogP contribution is -2.13. The van der Waals surface area contributed by atoms with Crippen LogP contribution in [-0.2, 0) is 0 Å². The van der Waals surface area contributed by atoms with E-state index in [9.17, 15) is 0 Å². The van der Waals surface area contributed by atoms with Crippen LogP contribution in [0.2, 0.25) is 0 Å². The molecule has 0 aliphatic heterocycles. The number of benzene rings is 1. The first-order chi connectivity index (χ1) is 10.3. The molecule has 1 aromatic carbocycles. The van der Waals surface area contributed by atoms with Crippen LogP contribution in [0, 0.1) is 0 Å². The van der Waals surface area contributed by atoms with Crippen molar-refractivity contribution < 1.29 is 4.74 Å². The van der Waals surface area contributed by atoms with E-state index >= 15 is 0 Å². The lowest BCUT2D eigenvalue weighted by atomic mass is 10.3. The Labute approximate surface area is 129 Å². The van der Waals surface area contributed by atoms with Crippen LogP contribution in [0.15, 0.2) is 41.6 Å². The largest absolute Gasteiger partial charge is 0.492 e. The third-order valence-corrected chi connectivity index (χ3v) is 3.21. The normalized spacial score (nSPS) is 10.2. The van der Waals surface area contributed by atoms with E-state index in [1.54, 1.807) is 0 Å². The second-order valence-electron chi connectivity index (χ2n) is 4.24. The molecule has 0 radical (unpaired) electrons. The third-order valence-electron chi connectivity index (χ3n) is 2.67. The number of ether oxygens (including phenoxy) is 1. The van der Waals surface area contributed by atoms with Crippen molar-refractivity contribution >= 4 is 23.4 Å². The summed E-state index contributed by atoms with van der Waals surface area (Å²) in [6.45, 7) is 4.15. The molecule has 0 saturated carbocycles. The summed E-state index contributed by atoms with van der Waals surface area (Å²) in [5.41, 5.74) is 0. The van der Waals surface area contributed by atoms with Gasteiger partial charge in [-0.05, 0) is 25.3 Å². The van der Waals surface area contributed by atoms with Gasteiger partial charge in [-0.1, -0.05) is 30.0 Å². The number of hydrogen-bond acceptors (Lipinski definition) is 6. The van der Waals surface area contributed by atoms with Gasteiger partial charge in [-0.15, -0.1) is 0 Å². The second-order valence-corrected chi connectivity index (χ2v) is 5.02. The molecule has 0 fully saturated rings. The maximum absolute atomic E-state index is 5.64. The zero-order valence-corrected chi connectivity index (χ0v) is 13.1. The summed E-state index contributed by atoms with van der Waals surface area (Å²) >= 11 is 1.53. The minimum absolute atomic E-state index is 0.582. The molecule has 0 atom stereocenters. The van der Waals surface area contributed by atoms with Gasteiger partial charge in [0.25, 0.3) is 0 Å². The fourth-order valence-electron chi connectivity index (χ4n) is 1.74. The number of rotatable bonds is 8. The van der Waals surface area contributed by atoms with Gasteiger partial charge in [0.1, 0.15) is 24.0 Å². The van der Waals surface area contributed by atoms with Gasteiger partial charge in [-0.3, -0.25) is 0 Å². The van der Waals surface area contributed by atoms with E-state index < -0.39 is 0 Å². The first-order valence-corrected chi connectivity index (χ1v) is 8.13. The van der Waals surface area contributed by atoms with Crippen molar-refractivity contribution in [1.29, 1.82) is 0 Å². The molecule has 0 unspecified atom stereocenters. The first-order valence-electron chi connectivity index (χ1n) is 6.90. The fourth-order valence-corrected chi connectivity index (χ4v) is 2.12. The molecule has 21 heavy (non-hydrogen) atoms. The summed E-state index contributed by atoms with van der Waals surface area (Å²) in [5.74, 6) is 2.52. The SMILES string of the molecule is CCNc1cc(NCCOc2ccccc2)nc(SC)n1. The molecule has 0 saturated heterocycles. The Kier molecular flexibility index (Phi) is 6.15. The fraction of sp³-hybridized carbons (Fsp3) is 0.333. The Hall–Kier alpha value is -1.95. The zero-order valence-electron chi connectivity index (χ0n) is 12.3. The zero-order chi connectivity index (χ0) is 14.9. The van der Waals surface area contributed by atoms with Crippen LogP contribution in [0.25, 0.3) is 0 Å². The number of nitrogens with zero attached hydrogens (tertiary/aromatic N) is 2. The average Bonchev–Trinajstić information content (AvgIpc) is 2.53. The van der Waals surface area contributed by atoms with Gasteiger partial charge in [0, 0.05) is 12.6 Å². The lowest BCUT2D eigenvalue weighted by molar-refractivity contribution is 0.332. The van der Waals surface area contributed by atoms with Gasteiger partial charge in [-0.2, -0.15) is 0 Å². The summed E-state index contributed by atoms with van der Waals surface area (Å²) in [5, 5.41) is 7.21. The molecule has 1 aromatic heterocycles. The van der Waals surface area contributed by atoms with Crippen molar-refractivity contribution in [2.75, 3.05) is 36.6 Å². The maximum Gasteiger partial charge on any atom is 0.191 e. The van der Waals surface area contributed by atoms with Crippen molar-refractivity contribution in [2.24, 2.45) is 0 Å². The van der Waals surface area contributed by atoms with E-state index in [0.717, 1.165) is 29.1 Å². The molecule has 2 rings (SSSR count). The summed E-state index contributed by atoms with van der Waals surface area (Å²) in [6, 6.07) is 11.7. The smallest absolute Gasteiger partial charge is 0.191 e. The number of para-hydroxylation sites is 1. The maximum atomic E-state index is 5.64. The van der Waals surface area contributed by atoms with Gasteiger partial charge >= 0.3 is 0 Å². The quantitative estimate of drug-likeness (QED) is 0.444. The topological polar surface area (TPSA) is 59.1 Å². The van der Waals surface area contributed by atoms with Crippen molar-refractivity contribution in [3.63, 3.8) is 0 Å². The average molecular weight is 304 g/mol. The Morgan fingerprint density at radius 2 is 1.81 bits per heavy atom. The Morgan fingerprint density at radius 3 is 2.48 bits per heavy atom. The second kappa shape index (κ2) is 8.36. The highest BCUT2D eigenvalue weighted by atomic mass is 32.2. The summed E-state index contributed by atoms with van der Waals surface area (Å²) in [7, 11) is 0. The summed E-state index contributed by atoms with van der Waals surface area (Å²) in [6.07, 6.45) is 1.97. The van der Waals surface area contributed by atoms with Crippen LogP contribution < -0.4 is 15.4 Å². The van der Waals surface area contributed by atoms with Crippen LogP contribution in [0.5, 0.6) is 5.75 Å². The minimum Gasteiger partial charge on any atom is -0.492 e. The molecule has 0 spiro atoms. The molecule has 2 aromatic rings. The lowest BCUT2D eigenvalue weighted by Gasteiger charge is -2.10. The highest BCUT2D eigenvalue weighted by Crippen LogP contribution is 2.17. The molecular weight excluding hydrogens is 284 g/mol. The Bertz CT molecular complexity index is 551. The van der Waals surface area contributed by atoms with Gasteiger partial charge in [0.15, 0.2) is 5.16 Å². The number of thioether (sulfide) groups is 1. The predicted octanol–water partition coefficient (Wildman–Crippen LogP) is 3.12. The molecule has 2 N–H and O–H groups in total. The monoisotopic (exact) mass is 304 g/mol.